The highest BCUT2D eigenvalue weighted by atomic mass is 16.6. The molecular weight excluding hydrogens is 274 g/mol. The van der Waals surface area contributed by atoms with Gasteiger partial charge >= 0.3 is 0 Å². The minimum absolute atomic E-state index is 0.296. The van der Waals surface area contributed by atoms with Gasteiger partial charge in [-0.1, -0.05) is 42.0 Å². The second-order valence-corrected chi connectivity index (χ2v) is 5.49. The number of aromatic hydroxyl groups is 1. The molecule has 112 valence electrons. The third-order valence-electron chi connectivity index (χ3n) is 3.82. The first-order chi connectivity index (χ1) is 10.6. The third kappa shape index (κ3) is 2.90. The Balaban J connectivity index is 1.76. The highest BCUT2D eigenvalue weighted by Gasteiger charge is 2.09. The van der Waals surface area contributed by atoms with Gasteiger partial charge in [0.05, 0.1) is 5.69 Å². The lowest BCUT2D eigenvalue weighted by Crippen LogP contribution is -2.02. The van der Waals surface area contributed by atoms with E-state index in [2.05, 4.69) is 5.48 Å². The normalized spacial score (nSPS) is 10.8. The number of rotatable bonds is 4. The quantitative estimate of drug-likeness (QED) is 0.685. The molecule has 3 aromatic carbocycles. The average molecular weight is 293 g/mol. The topological polar surface area (TPSA) is 41.5 Å². The summed E-state index contributed by atoms with van der Waals surface area (Å²) in [6.07, 6.45) is 0. The zero-order valence-electron chi connectivity index (χ0n) is 12.8. The van der Waals surface area contributed by atoms with Gasteiger partial charge in [-0.05, 0) is 48.4 Å². The van der Waals surface area contributed by atoms with Crippen molar-refractivity contribution in [2.24, 2.45) is 0 Å². The molecule has 0 aromatic heterocycles. The Morgan fingerprint density at radius 3 is 2.50 bits per heavy atom. The number of hydrogen-bond donors (Lipinski definition) is 2. The smallest absolute Gasteiger partial charge is 0.124 e. The number of nitrogens with one attached hydrogen (secondary N) is 1. The largest absolute Gasteiger partial charge is 0.507 e. The maximum absolute atomic E-state index is 10.3. The monoisotopic (exact) mass is 293 g/mol. The summed E-state index contributed by atoms with van der Waals surface area (Å²) in [5, 5.41) is 12.5. The van der Waals surface area contributed by atoms with Crippen molar-refractivity contribution in [2.75, 3.05) is 5.48 Å². The summed E-state index contributed by atoms with van der Waals surface area (Å²) in [6, 6.07) is 17.9. The molecule has 0 aliphatic heterocycles. The first-order valence-corrected chi connectivity index (χ1v) is 7.30. The van der Waals surface area contributed by atoms with E-state index in [4.69, 9.17) is 4.84 Å². The van der Waals surface area contributed by atoms with Crippen LogP contribution >= 0.6 is 0 Å². The minimum Gasteiger partial charge on any atom is -0.507 e. The zero-order valence-corrected chi connectivity index (χ0v) is 12.8. The molecule has 0 fully saturated rings. The van der Waals surface area contributed by atoms with Gasteiger partial charge in [0.2, 0.25) is 0 Å². The lowest BCUT2D eigenvalue weighted by Gasteiger charge is -2.12. The van der Waals surface area contributed by atoms with E-state index in [0.29, 0.717) is 12.4 Å². The van der Waals surface area contributed by atoms with E-state index in [0.717, 1.165) is 27.6 Å². The van der Waals surface area contributed by atoms with Crippen LogP contribution in [-0.2, 0) is 11.4 Å². The highest BCUT2D eigenvalue weighted by Crippen LogP contribution is 2.31. The Morgan fingerprint density at radius 1 is 1.00 bits per heavy atom. The molecule has 3 nitrogen and oxygen atoms in total. The lowest BCUT2D eigenvalue weighted by molar-refractivity contribution is 0.177. The van der Waals surface area contributed by atoms with Gasteiger partial charge in [0.1, 0.15) is 12.4 Å². The van der Waals surface area contributed by atoms with Crippen molar-refractivity contribution >= 4 is 16.5 Å². The molecule has 0 aliphatic rings. The van der Waals surface area contributed by atoms with E-state index in [1.54, 1.807) is 0 Å². The molecule has 0 unspecified atom stereocenters. The molecule has 3 rings (SSSR count). The first-order valence-electron chi connectivity index (χ1n) is 7.30. The van der Waals surface area contributed by atoms with Crippen LogP contribution in [0, 0.1) is 13.8 Å². The standard InChI is InChI=1S/C19H19NO2/c1-13-7-9-17(10-8-13)20-22-12-16-11-15-5-3-4-6-18(15)14(2)19(16)21/h3-11,20-21H,12H2,1-2H3. The van der Waals surface area contributed by atoms with Gasteiger partial charge in [0.15, 0.2) is 0 Å². The van der Waals surface area contributed by atoms with Gasteiger partial charge in [-0.3, -0.25) is 10.3 Å². The molecule has 3 aromatic rings. The number of benzene rings is 3. The van der Waals surface area contributed by atoms with Crippen LogP contribution in [0.1, 0.15) is 16.7 Å². The summed E-state index contributed by atoms with van der Waals surface area (Å²) in [7, 11) is 0. The van der Waals surface area contributed by atoms with Gasteiger partial charge in [0.25, 0.3) is 0 Å². The van der Waals surface area contributed by atoms with Crippen LogP contribution in [0.3, 0.4) is 0 Å². The van der Waals surface area contributed by atoms with Gasteiger partial charge in [-0.15, -0.1) is 0 Å². The number of hydrogen-bond acceptors (Lipinski definition) is 3. The molecule has 0 aliphatic carbocycles. The molecule has 0 heterocycles. The fraction of sp³-hybridized carbons (Fsp3) is 0.158. The molecule has 0 bridgehead atoms. The number of phenols is 1. The molecular formula is C19H19NO2. The lowest BCUT2D eigenvalue weighted by atomic mass is 10.0. The molecule has 0 amide bonds. The van der Waals surface area contributed by atoms with Crippen LogP contribution < -0.4 is 5.48 Å². The predicted molar refractivity (Wildman–Crippen MR) is 89.9 cm³/mol. The fourth-order valence-corrected chi connectivity index (χ4v) is 2.52. The summed E-state index contributed by atoms with van der Waals surface area (Å²) in [5.41, 5.74) is 6.65. The van der Waals surface area contributed by atoms with Crippen molar-refractivity contribution in [3.63, 3.8) is 0 Å². The van der Waals surface area contributed by atoms with E-state index in [1.807, 2.05) is 68.4 Å². The molecule has 0 atom stereocenters. The fourth-order valence-electron chi connectivity index (χ4n) is 2.52. The summed E-state index contributed by atoms with van der Waals surface area (Å²) in [6.45, 7) is 4.26. The predicted octanol–water partition coefficient (Wildman–Crippen LogP) is 4.71. The van der Waals surface area contributed by atoms with Crippen molar-refractivity contribution in [2.45, 2.75) is 20.5 Å². The van der Waals surface area contributed by atoms with Gasteiger partial charge in [-0.25, -0.2) is 0 Å². The van der Waals surface area contributed by atoms with Crippen LogP contribution in [0.5, 0.6) is 5.75 Å². The van der Waals surface area contributed by atoms with E-state index in [-0.39, 0.29) is 0 Å². The molecule has 3 heteroatoms. The molecule has 0 saturated carbocycles. The highest BCUT2D eigenvalue weighted by molar-refractivity contribution is 5.88. The number of aryl methyl sites for hydroxylation is 2. The van der Waals surface area contributed by atoms with Gasteiger partial charge < -0.3 is 5.11 Å². The summed E-state index contributed by atoms with van der Waals surface area (Å²) in [5.74, 6) is 0.296. The van der Waals surface area contributed by atoms with Crippen LogP contribution in [-0.4, -0.2) is 5.11 Å². The summed E-state index contributed by atoms with van der Waals surface area (Å²) < 4.78 is 0. The van der Waals surface area contributed by atoms with Crippen LogP contribution in [0.2, 0.25) is 0 Å². The van der Waals surface area contributed by atoms with Crippen LogP contribution in [0.25, 0.3) is 10.8 Å². The van der Waals surface area contributed by atoms with Crippen molar-refractivity contribution < 1.29 is 9.94 Å². The maximum Gasteiger partial charge on any atom is 0.124 e. The Hall–Kier alpha value is -2.52. The Bertz CT molecular complexity index is 794. The molecule has 0 radical (unpaired) electrons. The molecule has 22 heavy (non-hydrogen) atoms. The number of fused-ring (bicyclic) bond motifs is 1. The summed E-state index contributed by atoms with van der Waals surface area (Å²) in [4.78, 5) is 5.52. The van der Waals surface area contributed by atoms with Crippen molar-refractivity contribution in [1.29, 1.82) is 0 Å². The van der Waals surface area contributed by atoms with Gasteiger partial charge in [-0.2, -0.15) is 0 Å². The Labute approximate surface area is 130 Å². The van der Waals surface area contributed by atoms with E-state index >= 15 is 0 Å². The van der Waals surface area contributed by atoms with Crippen molar-refractivity contribution in [1.82, 2.24) is 0 Å². The molecule has 2 N–H and O–H groups in total. The second kappa shape index (κ2) is 6.08. The van der Waals surface area contributed by atoms with E-state index in [1.165, 1.54) is 5.56 Å². The first kappa shape index (κ1) is 14.4. The maximum atomic E-state index is 10.3. The van der Waals surface area contributed by atoms with E-state index in [9.17, 15) is 5.11 Å². The Kier molecular flexibility index (Phi) is 3.98. The Morgan fingerprint density at radius 2 is 1.73 bits per heavy atom. The third-order valence-corrected chi connectivity index (χ3v) is 3.82. The van der Waals surface area contributed by atoms with Crippen molar-refractivity contribution in [3.05, 3.63) is 71.3 Å². The van der Waals surface area contributed by atoms with Crippen molar-refractivity contribution in [3.8, 4) is 5.75 Å². The minimum atomic E-state index is 0.296. The average Bonchev–Trinajstić information content (AvgIpc) is 2.54. The second-order valence-electron chi connectivity index (χ2n) is 5.49. The number of phenolic OH excluding ortho intramolecular Hbond substituents is 1. The zero-order chi connectivity index (χ0) is 15.5. The van der Waals surface area contributed by atoms with Crippen LogP contribution in [0.15, 0.2) is 54.6 Å². The van der Waals surface area contributed by atoms with Gasteiger partial charge in [0, 0.05) is 5.56 Å². The van der Waals surface area contributed by atoms with Crippen LogP contribution in [0.4, 0.5) is 5.69 Å². The van der Waals surface area contributed by atoms with E-state index < -0.39 is 0 Å². The SMILES string of the molecule is Cc1ccc(NOCc2cc3ccccc3c(C)c2O)cc1. The number of anilines is 1. The summed E-state index contributed by atoms with van der Waals surface area (Å²) >= 11 is 0. The molecule has 0 spiro atoms. The molecule has 0 saturated heterocycles.